The molecule has 2 aliphatic rings. The van der Waals surface area contributed by atoms with Crippen LogP contribution in [0.25, 0.3) is 21.8 Å². The minimum Gasteiger partial charge on any atom is -0.371 e. The number of rotatable bonds is 6. The van der Waals surface area contributed by atoms with Gasteiger partial charge in [0.15, 0.2) is 0 Å². The van der Waals surface area contributed by atoms with Crippen molar-refractivity contribution in [3.8, 4) is 0 Å². The van der Waals surface area contributed by atoms with Crippen LogP contribution in [0.4, 0.5) is 11.4 Å². The summed E-state index contributed by atoms with van der Waals surface area (Å²) in [6, 6.07) is 9.17. The molecule has 35 heavy (non-hydrogen) atoms. The third kappa shape index (κ3) is 4.26. The maximum atomic E-state index is 13.4. The molecule has 1 amide bonds. The molecule has 3 heterocycles. The minimum atomic E-state index is -0.182. The number of nitrogens with zero attached hydrogens (tertiary/aromatic N) is 5. The Kier molecular flexibility index (Phi) is 5.46. The molecule has 1 saturated heterocycles. The first-order valence-electron chi connectivity index (χ1n) is 12.4. The number of hydrogen-bond donors (Lipinski definition) is 3. The molecular formula is C26H32N8O. The summed E-state index contributed by atoms with van der Waals surface area (Å²) in [6.45, 7) is 2.36. The van der Waals surface area contributed by atoms with E-state index in [-0.39, 0.29) is 5.91 Å². The third-order valence-electron chi connectivity index (χ3n) is 7.18. The number of aryl methyl sites for hydroxylation is 2. The van der Waals surface area contributed by atoms with E-state index in [0.29, 0.717) is 23.8 Å². The number of nitrogens with two attached hydrogens (primary N) is 1. The lowest BCUT2D eigenvalue weighted by Gasteiger charge is -2.34. The molecule has 6 rings (SSSR count). The van der Waals surface area contributed by atoms with Crippen molar-refractivity contribution in [2.75, 3.05) is 23.3 Å². The van der Waals surface area contributed by atoms with Crippen LogP contribution in [0, 0.1) is 0 Å². The van der Waals surface area contributed by atoms with Crippen LogP contribution in [-0.4, -0.2) is 50.6 Å². The van der Waals surface area contributed by atoms with E-state index in [2.05, 4.69) is 31.8 Å². The van der Waals surface area contributed by atoms with Gasteiger partial charge >= 0.3 is 0 Å². The Morgan fingerprint density at radius 3 is 2.46 bits per heavy atom. The fraction of sp³-hybridized carbons (Fsp3) is 0.423. The molecule has 0 unspecified atom stereocenters. The number of amides is 1. The van der Waals surface area contributed by atoms with Gasteiger partial charge in [-0.25, -0.2) is 0 Å². The third-order valence-corrected chi connectivity index (χ3v) is 7.18. The molecule has 0 bridgehead atoms. The van der Waals surface area contributed by atoms with Gasteiger partial charge in [0.25, 0.3) is 5.91 Å². The van der Waals surface area contributed by atoms with E-state index in [1.54, 1.807) is 9.36 Å². The fourth-order valence-electron chi connectivity index (χ4n) is 5.29. The normalized spacial score (nSPS) is 16.9. The molecule has 1 aliphatic carbocycles. The molecular weight excluding hydrogens is 440 g/mol. The molecule has 4 N–H and O–H groups in total. The minimum absolute atomic E-state index is 0.182. The Morgan fingerprint density at radius 2 is 1.71 bits per heavy atom. The van der Waals surface area contributed by atoms with Crippen LogP contribution in [0.15, 0.2) is 36.7 Å². The van der Waals surface area contributed by atoms with Crippen LogP contribution in [0.3, 0.4) is 0 Å². The van der Waals surface area contributed by atoms with Crippen molar-refractivity contribution in [1.29, 1.82) is 0 Å². The molecule has 0 spiro atoms. The zero-order valence-corrected chi connectivity index (χ0v) is 20.3. The summed E-state index contributed by atoms with van der Waals surface area (Å²) in [5, 5.41) is 17.9. The van der Waals surface area contributed by atoms with E-state index >= 15 is 0 Å². The molecule has 9 nitrogen and oxygen atoms in total. The van der Waals surface area contributed by atoms with Crippen molar-refractivity contribution in [3.63, 3.8) is 0 Å². The summed E-state index contributed by atoms with van der Waals surface area (Å²) in [6.07, 6.45) is 8.87. The highest BCUT2D eigenvalue weighted by Gasteiger charge is 2.28. The summed E-state index contributed by atoms with van der Waals surface area (Å²) >= 11 is 0. The van der Waals surface area contributed by atoms with E-state index in [1.165, 1.54) is 12.8 Å². The van der Waals surface area contributed by atoms with Gasteiger partial charge in [0, 0.05) is 80.4 Å². The Labute approximate surface area is 204 Å². The van der Waals surface area contributed by atoms with Crippen molar-refractivity contribution < 1.29 is 4.79 Å². The van der Waals surface area contributed by atoms with Crippen LogP contribution in [-0.2, 0) is 20.6 Å². The van der Waals surface area contributed by atoms with Crippen LogP contribution in [0.1, 0.15) is 41.6 Å². The molecule has 1 saturated carbocycles. The van der Waals surface area contributed by atoms with Crippen molar-refractivity contribution in [2.24, 2.45) is 19.8 Å². The number of aromatic nitrogens is 4. The van der Waals surface area contributed by atoms with Crippen LogP contribution >= 0.6 is 0 Å². The average Bonchev–Trinajstić information content (AvgIpc) is 3.44. The van der Waals surface area contributed by atoms with E-state index in [0.717, 1.165) is 65.0 Å². The van der Waals surface area contributed by atoms with E-state index in [1.807, 2.05) is 44.7 Å². The largest absolute Gasteiger partial charge is 0.371 e. The molecule has 0 radical (unpaired) electrons. The second-order valence-electron chi connectivity index (χ2n) is 9.93. The second-order valence-corrected chi connectivity index (χ2v) is 9.93. The van der Waals surface area contributed by atoms with Crippen LogP contribution < -0.4 is 21.3 Å². The zero-order valence-electron chi connectivity index (χ0n) is 20.3. The summed E-state index contributed by atoms with van der Waals surface area (Å²) < 4.78 is 3.55. The van der Waals surface area contributed by atoms with Gasteiger partial charge in [-0.1, -0.05) is 0 Å². The van der Waals surface area contributed by atoms with Crippen molar-refractivity contribution in [1.82, 2.24) is 24.9 Å². The molecule has 2 fully saturated rings. The number of nitrogens with one attached hydrogen (secondary N) is 2. The molecule has 4 aromatic rings. The maximum absolute atomic E-state index is 13.4. The van der Waals surface area contributed by atoms with Gasteiger partial charge in [-0.05, 0) is 55.5 Å². The average molecular weight is 473 g/mol. The second kappa shape index (κ2) is 8.66. The highest BCUT2D eigenvalue weighted by Crippen LogP contribution is 2.32. The summed E-state index contributed by atoms with van der Waals surface area (Å²) in [5.74, 6) is -0.182. The number of benzene rings is 2. The molecule has 9 heteroatoms. The number of carbonyl (C=O) groups excluding carboxylic acids is 1. The summed E-state index contributed by atoms with van der Waals surface area (Å²) in [7, 11) is 3.78. The Morgan fingerprint density at radius 1 is 1.00 bits per heavy atom. The highest BCUT2D eigenvalue weighted by atomic mass is 16.1. The van der Waals surface area contributed by atoms with E-state index in [4.69, 9.17) is 5.73 Å². The van der Waals surface area contributed by atoms with Gasteiger partial charge in [0.2, 0.25) is 0 Å². The van der Waals surface area contributed by atoms with Crippen molar-refractivity contribution in [3.05, 3.63) is 47.8 Å². The molecule has 2 aromatic heterocycles. The van der Waals surface area contributed by atoms with E-state index in [9.17, 15) is 4.79 Å². The fourth-order valence-corrected chi connectivity index (χ4v) is 5.29. The lowest BCUT2D eigenvalue weighted by molar-refractivity contribution is 0.102. The number of fused-ring (bicyclic) bond motifs is 2. The number of piperidine rings is 1. The SMILES string of the molecule is Cn1cc2cc(NC(=O)c3ccc(N4CCC(NC5CC5)CC4)c4cn(C)nc34)cc(CN)c2n1. The first kappa shape index (κ1) is 22.1. The predicted octanol–water partition coefficient (Wildman–Crippen LogP) is 2.89. The van der Waals surface area contributed by atoms with Gasteiger partial charge in [0.1, 0.15) is 5.52 Å². The number of anilines is 2. The summed E-state index contributed by atoms with van der Waals surface area (Å²) in [4.78, 5) is 15.8. The first-order valence-corrected chi connectivity index (χ1v) is 12.4. The van der Waals surface area contributed by atoms with Crippen molar-refractivity contribution >= 4 is 39.1 Å². The Bertz CT molecular complexity index is 1410. The van der Waals surface area contributed by atoms with Gasteiger partial charge in [-0.15, -0.1) is 0 Å². The number of carbonyl (C=O) groups is 1. The van der Waals surface area contributed by atoms with Gasteiger partial charge in [-0.3, -0.25) is 14.2 Å². The highest BCUT2D eigenvalue weighted by molar-refractivity contribution is 6.14. The smallest absolute Gasteiger partial charge is 0.257 e. The van der Waals surface area contributed by atoms with Gasteiger partial charge in [0.05, 0.1) is 11.1 Å². The number of hydrogen-bond acceptors (Lipinski definition) is 6. The quantitative estimate of drug-likeness (QED) is 0.399. The van der Waals surface area contributed by atoms with Gasteiger partial charge < -0.3 is 21.3 Å². The molecule has 2 aromatic carbocycles. The lowest BCUT2D eigenvalue weighted by atomic mass is 10.0. The van der Waals surface area contributed by atoms with E-state index < -0.39 is 0 Å². The Hall–Kier alpha value is -3.43. The van der Waals surface area contributed by atoms with Crippen LogP contribution in [0.5, 0.6) is 0 Å². The topological polar surface area (TPSA) is 106 Å². The lowest BCUT2D eigenvalue weighted by Crippen LogP contribution is -2.43. The van der Waals surface area contributed by atoms with Gasteiger partial charge in [-0.2, -0.15) is 10.2 Å². The monoisotopic (exact) mass is 472 g/mol. The molecule has 0 atom stereocenters. The van der Waals surface area contributed by atoms with Crippen molar-refractivity contribution in [2.45, 2.75) is 44.3 Å². The molecule has 182 valence electrons. The predicted molar refractivity (Wildman–Crippen MR) is 139 cm³/mol. The summed E-state index contributed by atoms with van der Waals surface area (Å²) in [5.41, 5.74) is 10.9. The maximum Gasteiger partial charge on any atom is 0.257 e. The zero-order chi connectivity index (χ0) is 24.1. The first-order chi connectivity index (χ1) is 17.0. The van der Waals surface area contributed by atoms with Crippen LogP contribution in [0.2, 0.25) is 0 Å². The standard InChI is InChI=1S/C26H32N8O/c1-32-14-17-12-20(11-16(13-27)24(17)30-32)29-26(35)21-5-6-23(22-15-33(2)31-25(21)22)34-9-7-19(8-10-34)28-18-3-4-18/h5-6,11-12,14-15,18-19,28H,3-4,7-10,13,27H2,1-2H3,(H,29,35). The molecule has 1 aliphatic heterocycles. The Balaban J connectivity index is 1.26.